The molecule has 2 rings (SSSR count). The van der Waals surface area contributed by atoms with Gasteiger partial charge in [-0.15, -0.1) is 0 Å². The Labute approximate surface area is 112 Å². The quantitative estimate of drug-likeness (QED) is 0.816. The van der Waals surface area contributed by atoms with E-state index in [1.54, 1.807) is 0 Å². The van der Waals surface area contributed by atoms with Crippen molar-refractivity contribution in [2.45, 2.75) is 32.1 Å². The van der Waals surface area contributed by atoms with Crippen LogP contribution in [-0.2, 0) is 9.59 Å². The molecule has 4 heteroatoms. The van der Waals surface area contributed by atoms with Crippen LogP contribution in [0.4, 0.5) is 0 Å². The number of aliphatic carboxylic acids is 1. The smallest absolute Gasteiger partial charge is 0.352 e. The Bertz CT molecular complexity index is 530. The Morgan fingerprint density at radius 1 is 1.37 bits per heavy atom. The fourth-order valence-electron chi connectivity index (χ4n) is 2.15. The Morgan fingerprint density at radius 3 is 2.63 bits per heavy atom. The molecule has 0 radical (unpaired) electrons. The number of benzene rings is 1. The van der Waals surface area contributed by atoms with Crippen molar-refractivity contribution in [3.05, 3.63) is 41.1 Å². The number of nitrogens with one attached hydrogen (secondary N) is 1. The first-order valence-corrected chi connectivity index (χ1v) is 6.39. The third kappa shape index (κ3) is 3.44. The van der Waals surface area contributed by atoms with E-state index < -0.39 is 5.97 Å². The number of carbonyl (C=O) groups is 2. The maximum absolute atomic E-state index is 11.0. The zero-order chi connectivity index (χ0) is 13.8. The van der Waals surface area contributed by atoms with Gasteiger partial charge in [0.15, 0.2) is 0 Å². The van der Waals surface area contributed by atoms with Crippen LogP contribution in [0.15, 0.2) is 30.0 Å². The van der Waals surface area contributed by atoms with Gasteiger partial charge in [0.25, 0.3) is 0 Å². The van der Waals surface area contributed by atoms with Gasteiger partial charge in [0.05, 0.1) is 0 Å². The zero-order valence-electron chi connectivity index (χ0n) is 10.8. The lowest BCUT2D eigenvalue weighted by Gasteiger charge is -2.25. The molecule has 0 atom stereocenters. The Balaban J connectivity index is 2.23. The second-order valence-electron chi connectivity index (χ2n) is 4.84. The van der Waals surface area contributed by atoms with Gasteiger partial charge in [0.1, 0.15) is 5.70 Å². The molecule has 0 spiro atoms. The molecule has 0 aliphatic heterocycles. The molecule has 1 aromatic rings. The number of amides is 1. The molecule has 1 fully saturated rings. The maximum Gasteiger partial charge on any atom is 0.352 e. The van der Waals surface area contributed by atoms with Gasteiger partial charge >= 0.3 is 5.97 Å². The van der Waals surface area contributed by atoms with Gasteiger partial charge in [-0.3, -0.25) is 4.79 Å². The molecule has 4 nitrogen and oxygen atoms in total. The lowest BCUT2D eigenvalue weighted by molar-refractivity contribution is -0.134. The summed E-state index contributed by atoms with van der Waals surface area (Å²) in [7, 11) is 0. The lowest BCUT2D eigenvalue weighted by atomic mass is 9.80. The van der Waals surface area contributed by atoms with E-state index in [0.717, 1.165) is 5.56 Å². The van der Waals surface area contributed by atoms with Crippen LogP contribution in [0, 0.1) is 0 Å². The second kappa shape index (κ2) is 5.69. The highest BCUT2D eigenvalue weighted by Crippen LogP contribution is 2.36. The summed E-state index contributed by atoms with van der Waals surface area (Å²) in [6.45, 7) is 1.29. The molecule has 0 heterocycles. The minimum absolute atomic E-state index is 0.0988. The summed E-state index contributed by atoms with van der Waals surface area (Å²) in [4.78, 5) is 22.0. The summed E-state index contributed by atoms with van der Waals surface area (Å²) in [6.07, 6.45) is 5.15. The average Bonchev–Trinajstić information content (AvgIpc) is 2.25. The number of hydrogen-bond acceptors (Lipinski definition) is 2. The van der Waals surface area contributed by atoms with Crippen molar-refractivity contribution in [2.24, 2.45) is 0 Å². The summed E-state index contributed by atoms with van der Waals surface area (Å²) in [5.74, 6) is -0.921. The van der Waals surface area contributed by atoms with Crippen LogP contribution in [0.1, 0.15) is 43.2 Å². The van der Waals surface area contributed by atoms with Crippen molar-refractivity contribution in [3.8, 4) is 0 Å². The molecule has 0 aromatic heterocycles. The van der Waals surface area contributed by atoms with E-state index in [1.165, 1.54) is 37.8 Å². The van der Waals surface area contributed by atoms with Crippen LogP contribution >= 0.6 is 0 Å². The molecule has 100 valence electrons. The van der Waals surface area contributed by atoms with Crippen LogP contribution in [0.3, 0.4) is 0 Å². The van der Waals surface area contributed by atoms with Crippen LogP contribution in [-0.4, -0.2) is 17.0 Å². The van der Waals surface area contributed by atoms with E-state index >= 15 is 0 Å². The second-order valence-corrected chi connectivity index (χ2v) is 4.84. The highest BCUT2D eigenvalue weighted by atomic mass is 16.4. The van der Waals surface area contributed by atoms with Gasteiger partial charge in [0, 0.05) is 6.92 Å². The largest absolute Gasteiger partial charge is 0.477 e. The van der Waals surface area contributed by atoms with Crippen LogP contribution in [0.2, 0.25) is 0 Å². The maximum atomic E-state index is 11.0. The highest BCUT2D eigenvalue weighted by Gasteiger charge is 2.19. The molecular weight excluding hydrogens is 242 g/mol. The van der Waals surface area contributed by atoms with Gasteiger partial charge in [-0.25, -0.2) is 4.79 Å². The van der Waals surface area contributed by atoms with Crippen molar-refractivity contribution < 1.29 is 14.7 Å². The number of carboxylic acid groups (broad SMARTS) is 1. The highest BCUT2D eigenvalue weighted by molar-refractivity contribution is 5.96. The number of rotatable bonds is 4. The first kappa shape index (κ1) is 13.3. The molecule has 1 saturated carbocycles. The van der Waals surface area contributed by atoms with E-state index in [1.807, 2.05) is 18.2 Å². The van der Waals surface area contributed by atoms with Gasteiger partial charge in [-0.2, -0.15) is 0 Å². The summed E-state index contributed by atoms with van der Waals surface area (Å²) in [5.41, 5.74) is 1.95. The van der Waals surface area contributed by atoms with Crippen molar-refractivity contribution in [1.82, 2.24) is 5.32 Å². The van der Waals surface area contributed by atoms with E-state index in [4.69, 9.17) is 5.11 Å². The number of carbonyl (C=O) groups excluding carboxylic acids is 1. The first-order valence-electron chi connectivity index (χ1n) is 6.39. The van der Waals surface area contributed by atoms with Gasteiger partial charge < -0.3 is 10.4 Å². The lowest BCUT2D eigenvalue weighted by Crippen LogP contribution is -2.24. The predicted octanol–water partition coefficient (Wildman–Crippen LogP) is 2.52. The average molecular weight is 259 g/mol. The van der Waals surface area contributed by atoms with Crippen molar-refractivity contribution >= 4 is 18.0 Å². The SMILES string of the molecule is CC(=O)N/C(=C/c1cccc(C2CCC2)c1)C(=O)O. The van der Waals surface area contributed by atoms with Crippen molar-refractivity contribution in [2.75, 3.05) is 0 Å². The normalized spacial score (nSPS) is 15.7. The van der Waals surface area contributed by atoms with Crippen LogP contribution in [0.25, 0.3) is 6.08 Å². The molecule has 19 heavy (non-hydrogen) atoms. The molecular formula is C15H17NO3. The minimum atomic E-state index is -1.13. The monoisotopic (exact) mass is 259 g/mol. The van der Waals surface area contributed by atoms with Gasteiger partial charge in [0.2, 0.25) is 5.91 Å². The Kier molecular flexibility index (Phi) is 4.00. The van der Waals surface area contributed by atoms with Crippen molar-refractivity contribution in [1.29, 1.82) is 0 Å². The Morgan fingerprint density at radius 2 is 2.11 bits per heavy atom. The summed E-state index contributed by atoms with van der Waals surface area (Å²) in [5, 5.41) is 11.4. The third-order valence-corrected chi connectivity index (χ3v) is 3.34. The van der Waals surface area contributed by atoms with Gasteiger partial charge in [-0.05, 0) is 36.0 Å². The molecule has 0 bridgehead atoms. The zero-order valence-corrected chi connectivity index (χ0v) is 10.8. The molecule has 0 unspecified atom stereocenters. The standard InChI is InChI=1S/C15H17NO3/c1-10(17)16-14(15(18)19)9-11-4-2-7-13(8-11)12-5-3-6-12/h2,4,7-9,12H,3,5-6H2,1H3,(H,16,17)(H,18,19)/b14-9+. The van der Waals surface area contributed by atoms with Gasteiger partial charge in [-0.1, -0.05) is 30.7 Å². The summed E-state index contributed by atoms with van der Waals surface area (Å²) >= 11 is 0. The molecule has 1 aliphatic rings. The molecule has 2 N–H and O–H groups in total. The molecule has 0 saturated heterocycles. The minimum Gasteiger partial charge on any atom is -0.477 e. The van der Waals surface area contributed by atoms with E-state index in [0.29, 0.717) is 5.92 Å². The Hall–Kier alpha value is -2.10. The molecule has 1 aromatic carbocycles. The topological polar surface area (TPSA) is 66.4 Å². The summed E-state index contributed by atoms with van der Waals surface area (Å²) in [6, 6.07) is 7.83. The van der Waals surface area contributed by atoms with Crippen LogP contribution < -0.4 is 5.32 Å². The predicted molar refractivity (Wildman–Crippen MR) is 72.5 cm³/mol. The number of hydrogen-bond donors (Lipinski definition) is 2. The fourth-order valence-corrected chi connectivity index (χ4v) is 2.15. The molecule has 1 aliphatic carbocycles. The van der Waals surface area contributed by atoms with E-state index in [-0.39, 0.29) is 11.6 Å². The van der Waals surface area contributed by atoms with E-state index in [2.05, 4.69) is 11.4 Å². The fraction of sp³-hybridized carbons (Fsp3) is 0.333. The van der Waals surface area contributed by atoms with Crippen molar-refractivity contribution in [3.63, 3.8) is 0 Å². The first-order chi connectivity index (χ1) is 9.06. The van der Waals surface area contributed by atoms with E-state index in [9.17, 15) is 9.59 Å². The third-order valence-electron chi connectivity index (χ3n) is 3.34. The van der Waals surface area contributed by atoms with Crippen LogP contribution in [0.5, 0.6) is 0 Å². The number of carboxylic acids is 1. The summed E-state index contributed by atoms with van der Waals surface area (Å²) < 4.78 is 0. The molecule has 1 amide bonds.